The van der Waals surface area contributed by atoms with E-state index in [1.165, 1.54) is 11.3 Å². The highest BCUT2D eigenvalue weighted by atomic mass is 32.1. The Morgan fingerprint density at radius 3 is 2.13 bits per heavy atom. The Hall–Kier alpha value is -2.92. The molecule has 0 aliphatic rings. The molecule has 3 aromatic rings. The summed E-state index contributed by atoms with van der Waals surface area (Å²) in [5.41, 5.74) is 2.01. The average Bonchev–Trinajstić information content (AvgIpc) is 3.00. The van der Waals surface area contributed by atoms with E-state index in [2.05, 4.69) is 5.32 Å². The molecule has 3 rings (SSSR count). The predicted octanol–water partition coefficient (Wildman–Crippen LogP) is 4.37. The van der Waals surface area contributed by atoms with Crippen molar-refractivity contribution in [2.24, 2.45) is 0 Å². The maximum atomic E-state index is 12.2. The van der Waals surface area contributed by atoms with Crippen LogP contribution in [0.4, 0.5) is 5.00 Å². The van der Waals surface area contributed by atoms with Crippen molar-refractivity contribution in [1.29, 1.82) is 0 Å². The molecule has 114 valence electrons. The first-order valence-electron chi connectivity index (χ1n) is 6.93. The molecule has 2 aromatic carbocycles. The van der Waals surface area contributed by atoms with Crippen molar-refractivity contribution >= 4 is 28.2 Å². The van der Waals surface area contributed by atoms with E-state index < -0.39 is 5.97 Å². The minimum absolute atomic E-state index is 0.116. The number of carbonyl (C=O) groups is 2. The first-order valence-corrected chi connectivity index (χ1v) is 7.81. The normalized spacial score (nSPS) is 10.3. The summed E-state index contributed by atoms with van der Waals surface area (Å²) in [4.78, 5) is 23.9. The van der Waals surface area contributed by atoms with Gasteiger partial charge in [0.25, 0.3) is 5.91 Å². The molecule has 0 saturated carbocycles. The maximum absolute atomic E-state index is 12.2. The average molecular weight is 323 g/mol. The number of carboxylic acids is 1. The number of rotatable bonds is 4. The fourth-order valence-electron chi connectivity index (χ4n) is 2.26. The van der Waals surface area contributed by atoms with Gasteiger partial charge in [0.1, 0.15) is 10.6 Å². The Kier molecular flexibility index (Phi) is 4.21. The molecule has 0 bridgehead atoms. The summed E-state index contributed by atoms with van der Waals surface area (Å²) in [6, 6.07) is 18.0. The molecular weight excluding hydrogens is 310 g/mol. The minimum Gasteiger partial charge on any atom is -0.478 e. The fraction of sp³-hybridized carbons (Fsp3) is 0. The van der Waals surface area contributed by atoms with Crippen LogP contribution in [0.25, 0.3) is 11.1 Å². The van der Waals surface area contributed by atoms with Crippen LogP contribution in [0.15, 0.2) is 66.0 Å². The molecule has 0 spiro atoms. The van der Waals surface area contributed by atoms with E-state index in [0.717, 1.165) is 5.56 Å². The molecule has 1 heterocycles. The Balaban J connectivity index is 1.96. The molecule has 0 radical (unpaired) electrons. The topological polar surface area (TPSA) is 66.4 Å². The highest BCUT2D eigenvalue weighted by Gasteiger charge is 2.21. The molecule has 0 unspecified atom stereocenters. The molecule has 23 heavy (non-hydrogen) atoms. The van der Waals surface area contributed by atoms with Crippen molar-refractivity contribution in [1.82, 2.24) is 0 Å². The molecule has 0 saturated heterocycles. The number of hydrogen-bond donors (Lipinski definition) is 2. The van der Waals surface area contributed by atoms with Gasteiger partial charge in [-0.2, -0.15) is 0 Å². The number of benzene rings is 2. The summed E-state index contributed by atoms with van der Waals surface area (Å²) in [6.45, 7) is 0. The number of anilines is 1. The molecular formula is C18H13NO3S. The number of nitrogens with one attached hydrogen (secondary N) is 1. The maximum Gasteiger partial charge on any atom is 0.339 e. The van der Waals surface area contributed by atoms with Gasteiger partial charge in [0.2, 0.25) is 0 Å². The zero-order valence-electron chi connectivity index (χ0n) is 12.0. The van der Waals surface area contributed by atoms with Crippen LogP contribution in [-0.4, -0.2) is 17.0 Å². The first kappa shape index (κ1) is 15.0. The van der Waals surface area contributed by atoms with Gasteiger partial charge in [-0.3, -0.25) is 4.79 Å². The third-order valence-corrected chi connectivity index (χ3v) is 4.25. The van der Waals surface area contributed by atoms with Gasteiger partial charge in [-0.25, -0.2) is 4.79 Å². The van der Waals surface area contributed by atoms with E-state index in [-0.39, 0.29) is 11.5 Å². The summed E-state index contributed by atoms with van der Waals surface area (Å²) in [7, 11) is 0. The second-order valence-corrected chi connectivity index (χ2v) is 5.72. The van der Waals surface area contributed by atoms with Gasteiger partial charge in [0.05, 0.1) is 0 Å². The Morgan fingerprint density at radius 1 is 0.913 bits per heavy atom. The lowest BCUT2D eigenvalue weighted by atomic mass is 10.0. The standard InChI is InChI=1S/C18H13NO3S/c20-16(13-9-5-2-6-10-13)19-17-15(18(21)22)14(11-23-17)12-7-3-1-4-8-12/h1-11H,(H,19,20)(H,21,22). The minimum atomic E-state index is -1.06. The summed E-state index contributed by atoms with van der Waals surface area (Å²) in [5.74, 6) is -1.39. The van der Waals surface area contributed by atoms with Crippen LogP contribution < -0.4 is 5.32 Å². The molecule has 0 fully saturated rings. The molecule has 0 atom stereocenters. The number of aromatic carboxylic acids is 1. The third kappa shape index (κ3) is 3.14. The molecule has 5 heteroatoms. The van der Waals surface area contributed by atoms with Crippen molar-refractivity contribution in [3.05, 3.63) is 77.2 Å². The van der Waals surface area contributed by atoms with E-state index >= 15 is 0 Å². The van der Waals surface area contributed by atoms with E-state index in [4.69, 9.17) is 0 Å². The van der Waals surface area contributed by atoms with Crippen molar-refractivity contribution in [3.8, 4) is 11.1 Å². The lowest BCUT2D eigenvalue weighted by Gasteiger charge is -2.06. The zero-order chi connectivity index (χ0) is 16.2. The predicted molar refractivity (Wildman–Crippen MR) is 91.1 cm³/mol. The van der Waals surface area contributed by atoms with Gasteiger partial charge in [0, 0.05) is 16.5 Å². The highest BCUT2D eigenvalue weighted by Crippen LogP contribution is 2.35. The number of carboxylic acid groups (broad SMARTS) is 1. The number of hydrogen-bond acceptors (Lipinski definition) is 3. The largest absolute Gasteiger partial charge is 0.478 e. The van der Waals surface area contributed by atoms with Gasteiger partial charge < -0.3 is 10.4 Å². The van der Waals surface area contributed by atoms with Gasteiger partial charge in [-0.1, -0.05) is 48.5 Å². The van der Waals surface area contributed by atoms with Crippen LogP contribution in [0.5, 0.6) is 0 Å². The lowest BCUT2D eigenvalue weighted by molar-refractivity contribution is 0.0699. The quantitative estimate of drug-likeness (QED) is 0.749. The van der Waals surface area contributed by atoms with Gasteiger partial charge in [-0.15, -0.1) is 11.3 Å². The number of carbonyl (C=O) groups excluding carboxylic acids is 1. The van der Waals surface area contributed by atoms with E-state index in [0.29, 0.717) is 16.1 Å². The molecule has 1 aromatic heterocycles. The SMILES string of the molecule is O=C(Nc1scc(-c2ccccc2)c1C(=O)O)c1ccccc1. The van der Waals surface area contributed by atoms with Crippen molar-refractivity contribution in [2.45, 2.75) is 0 Å². The molecule has 0 aliphatic carbocycles. The summed E-state index contributed by atoms with van der Waals surface area (Å²) in [6.07, 6.45) is 0. The Morgan fingerprint density at radius 2 is 1.52 bits per heavy atom. The van der Waals surface area contributed by atoms with E-state index in [1.54, 1.807) is 29.6 Å². The summed E-state index contributed by atoms with van der Waals surface area (Å²) < 4.78 is 0. The highest BCUT2D eigenvalue weighted by molar-refractivity contribution is 7.15. The van der Waals surface area contributed by atoms with Crippen LogP contribution in [0.3, 0.4) is 0 Å². The Bertz CT molecular complexity index is 841. The number of thiophene rings is 1. The Labute approximate surface area is 137 Å². The van der Waals surface area contributed by atoms with Crippen LogP contribution in [0.1, 0.15) is 20.7 Å². The van der Waals surface area contributed by atoms with Gasteiger partial charge >= 0.3 is 5.97 Å². The lowest BCUT2D eigenvalue weighted by Crippen LogP contribution is -2.13. The fourth-order valence-corrected chi connectivity index (χ4v) is 3.21. The monoisotopic (exact) mass is 323 g/mol. The third-order valence-electron chi connectivity index (χ3n) is 3.35. The second kappa shape index (κ2) is 6.46. The molecule has 0 aliphatic heterocycles. The summed E-state index contributed by atoms with van der Waals surface area (Å²) in [5, 5.41) is 14.3. The van der Waals surface area contributed by atoms with Crippen LogP contribution in [0, 0.1) is 0 Å². The van der Waals surface area contributed by atoms with Gasteiger partial charge in [-0.05, 0) is 17.7 Å². The van der Waals surface area contributed by atoms with E-state index in [9.17, 15) is 14.7 Å². The molecule has 4 nitrogen and oxygen atoms in total. The molecule has 1 amide bonds. The smallest absolute Gasteiger partial charge is 0.339 e. The van der Waals surface area contributed by atoms with Crippen molar-refractivity contribution in [3.63, 3.8) is 0 Å². The first-order chi connectivity index (χ1) is 11.2. The number of amides is 1. The van der Waals surface area contributed by atoms with Crippen molar-refractivity contribution < 1.29 is 14.7 Å². The van der Waals surface area contributed by atoms with E-state index in [1.807, 2.05) is 36.4 Å². The second-order valence-electron chi connectivity index (χ2n) is 4.84. The van der Waals surface area contributed by atoms with Crippen LogP contribution in [-0.2, 0) is 0 Å². The van der Waals surface area contributed by atoms with Crippen LogP contribution >= 0.6 is 11.3 Å². The molecule has 2 N–H and O–H groups in total. The van der Waals surface area contributed by atoms with Crippen molar-refractivity contribution in [2.75, 3.05) is 5.32 Å². The van der Waals surface area contributed by atoms with Crippen LogP contribution in [0.2, 0.25) is 0 Å². The van der Waals surface area contributed by atoms with Gasteiger partial charge in [0.15, 0.2) is 0 Å². The zero-order valence-corrected chi connectivity index (χ0v) is 12.8. The summed E-state index contributed by atoms with van der Waals surface area (Å²) >= 11 is 1.21.